The molecule has 1 amide bonds. The van der Waals surface area contributed by atoms with Crippen LogP contribution in [0, 0.1) is 0 Å². The Hall–Kier alpha value is -2.31. The number of hydrogen-bond donors (Lipinski definition) is 9. The summed E-state index contributed by atoms with van der Waals surface area (Å²) >= 11 is 0. The van der Waals surface area contributed by atoms with Gasteiger partial charge in [-0.1, -0.05) is 261 Å². The summed E-state index contributed by atoms with van der Waals surface area (Å²) in [6.07, 6.45) is 51.3. The normalized spacial score (nSPS) is 24.5. The van der Waals surface area contributed by atoms with Gasteiger partial charge in [0.2, 0.25) is 5.91 Å². The van der Waals surface area contributed by atoms with Crippen LogP contribution in [0.1, 0.15) is 264 Å². The molecule has 2 rings (SSSR count). The van der Waals surface area contributed by atoms with Gasteiger partial charge >= 0.3 is 0 Å². The fourth-order valence-electron chi connectivity index (χ4n) is 10.7. The van der Waals surface area contributed by atoms with Crippen LogP contribution in [0.3, 0.4) is 0 Å². The molecule has 2 aliphatic heterocycles. The molecule has 12 unspecified atom stereocenters. The van der Waals surface area contributed by atoms with Crippen molar-refractivity contribution in [1.29, 1.82) is 0 Å². The van der Waals surface area contributed by atoms with Gasteiger partial charge in [-0.05, 0) is 57.8 Å². The summed E-state index contributed by atoms with van der Waals surface area (Å²) in [6.45, 7) is 2.70. The van der Waals surface area contributed by atoms with Gasteiger partial charge in [0.1, 0.15) is 48.8 Å². The maximum Gasteiger partial charge on any atom is 0.220 e. The lowest BCUT2D eigenvalue weighted by Crippen LogP contribution is -2.65. The highest BCUT2D eigenvalue weighted by Crippen LogP contribution is 2.30. The molecule has 0 aromatic heterocycles. The molecule has 81 heavy (non-hydrogen) atoms. The summed E-state index contributed by atoms with van der Waals surface area (Å²) in [4.78, 5) is 13.3. The molecule has 0 saturated carbocycles. The van der Waals surface area contributed by atoms with E-state index in [0.29, 0.717) is 6.42 Å². The second kappa shape index (κ2) is 52.1. The quantitative estimate of drug-likeness (QED) is 0.0204. The first-order valence-corrected chi connectivity index (χ1v) is 33.0. The highest BCUT2D eigenvalue weighted by atomic mass is 16.7. The first-order valence-electron chi connectivity index (χ1n) is 33.0. The molecule has 9 N–H and O–H groups in total. The van der Waals surface area contributed by atoms with Crippen LogP contribution in [0.4, 0.5) is 0 Å². The minimum absolute atomic E-state index is 0.253. The molecule has 0 bridgehead atoms. The third-order valence-corrected chi connectivity index (χ3v) is 16.0. The third-order valence-electron chi connectivity index (χ3n) is 16.0. The van der Waals surface area contributed by atoms with E-state index in [1.54, 1.807) is 6.08 Å². The van der Waals surface area contributed by atoms with Gasteiger partial charge in [0.25, 0.3) is 0 Å². The molecule has 0 aromatic rings. The van der Waals surface area contributed by atoms with Gasteiger partial charge < -0.3 is 65.1 Å². The average Bonchev–Trinajstić information content (AvgIpc) is 3.63. The predicted octanol–water partition coefficient (Wildman–Crippen LogP) is 12.5. The van der Waals surface area contributed by atoms with Gasteiger partial charge in [0.15, 0.2) is 12.6 Å². The van der Waals surface area contributed by atoms with Crippen LogP contribution >= 0.6 is 0 Å². The van der Waals surface area contributed by atoms with Crippen molar-refractivity contribution in [3.8, 4) is 0 Å². The van der Waals surface area contributed by atoms with E-state index in [2.05, 4.69) is 67.8 Å². The fraction of sp³-hybridized carbons (Fsp3) is 0.836. The Kier molecular flexibility index (Phi) is 48.1. The Morgan fingerprint density at radius 1 is 0.457 bits per heavy atom. The number of ether oxygens (including phenoxy) is 4. The maximum absolute atomic E-state index is 13.3. The van der Waals surface area contributed by atoms with Crippen LogP contribution in [-0.2, 0) is 23.7 Å². The van der Waals surface area contributed by atoms with Crippen LogP contribution in [0.2, 0.25) is 0 Å². The number of rotatable bonds is 53. The summed E-state index contributed by atoms with van der Waals surface area (Å²) < 4.78 is 22.8. The van der Waals surface area contributed by atoms with Crippen molar-refractivity contribution in [2.75, 3.05) is 19.8 Å². The SMILES string of the molecule is CC/C=C\C/C=C\C/C=C\C/C=C\CCCCCCCCC(=O)NC(COC1OC(CO)C(OC2OC(CO)C(O)C(O)C2O)C(O)C1O)C(O)/C=C/CCCCCCCCCCCCCCCCCCCCCCCCCCCC. The number of nitrogens with one attached hydrogen (secondary N) is 1. The Morgan fingerprint density at radius 3 is 1.31 bits per heavy atom. The molecule has 2 fully saturated rings. The van der Waals surface area contributed by atoms with Crippen LogP contribution in [0.15, 0.2) is 60.8 Å². The number of allylic oxidation sites excluding steroid dienone is 9. The molecule has 2 saturated heterocycles. The lowest BCUT2D eigenvalue weighted by atomic mass is 9.97. The lowest BCUT2D eigenvalue weighted by Gasteiger charge is -2.46. The lowest BCUT2D eigenvalue weighted by molar-refractivity contribution is -0.359. The van der Waals surface area contributed by atoms with Crippen molar-refractivity contribution in [2.24, 2.45) is 0 Å². The second-order valence-electron chi connectivity index (χ2n) is 23.2. The van der Waals surface area contributed by atoms with Gasteiger partial charge in [-0.15, -0.1) is 0 Å². The number of unbranched alkanes of at least 4 members (excludes halogenated alkanes) is 32. The zero-order valence-corrected chi connectivity index (χ0v) is 51.0. The van der Waals surface area contributed by atoms with E-state index in [1.807, 2.05) is 6.08 Å². The number of aliphatic hydroxyl groups excluding tert-OH is 8. The Morgan fingerprint density at radius 2 is 0.852 bits per heavy atom. The van der Waals surface area contributed by atoms with Crippen LogP contribution in [0.5, 0.6) is 0 Å². The van der Waals surface area contributed by atoms with Crippen molar-refractivity contribution >= 4 is 5.91 Å². The van der Waals surface area contributed by atoms with Gasteiger partial charge in [0.05, 0.1) is 32.0 Å². The maximum atomic E-state index is 13.3. The van der Waals surface area contributed by atoms with Crippen LogP contribution in [0.25, 0.3) is 0 Å². The van der Waals surface area contributed by atoms with Crippen molar-refractivity contribution in [1.82, 2.24) is 5.32 Å². The molecular formula is C67H121NO13. The van der Waals surface area contributed by atoms with Crippen LogP contribution < -0.4 is 5.32 Å². The van der Waals surface area contributed by atoms with E-state index in [9.17, 15) is 45.6 Å². The molecule has 14 nitrogen and oxygen atoms in total. The van der Waals surface area contributed by atoms with E-state index in [4.69, 9.17) is 18.9 Å². The summed E-state index contributed by atoms with van der Waals surface area (Å²) in [7, 11) is 0. The zero-order valence-electron chi connectivity index (χ0n) is 51.0. The van der Waals surface area contributed by atoms with Gasteiger partial charge in [0, 0.05) is 6.42 Å². The number of amides is 1. The first kappa shape index (κ1) is 74.8. The first-order chi connectivity index (χ1) is 39.6. The van der Waals surface area contributed by atoms with E-state index in [0.717, 1.165) is 83.5 Å². The van der Waals surface area contributed by atoms with Gasteiger partial charge in [-0.25, -0.2) is 0 Å². The zero-order chi connectivity index (χ0) is 58.8. The van der Waals surface area contributed by atoms with Gasteiger partial charge in [-0.3, -0.25) is 4.79 Å². The number of carbonyl (C=O) groups is 1. The molecule has 0 radical (unpaired) electrons. The monoisotopic (exact) mass is 1150 g/mol. The molecule has 14 heteroatoms. The van der Waals surface area contributed by atoms with Crippen LogP contribution in [-0.4, -0.2) is 140 Å². The topological polar surface area (TPSA) is 228 Å². The molecule has 2 aliphatic rings. The molecular weight excluding hydrogens is 1030 g/mol. The Bertz CT molecular complexity index is 1590. The summed E-state index contributed by atoms with van der Waals surface area (Å²) in [5.74, 6) is -0.253. The number of aliphatic hydroxyl groups is 8. The van der Waals surface area contributed by atoms with Crippen molar-refractivity contribution < 1.29 is 64.6 Å². The minimum Gasteiger partial charge on any atom is -0.394 e. The van der Waals surface area contributed by atoms with E-state index in [1.165, 1.54) is 154 Å². The summed E-state index contributed by atoms with van der Waals surface area (Å²) in [6, 6.07) is -0.926. The van der Waals surface area contributed by atoms with E-state index < -0.39 is 86.8 Å². The van der Waals surface area contributed by atoms with E-state index >= 15 is 0 Å². The standard InChI is InChI=1S/C67H121NO13/c1-3-5-7-9-11-13-15-17-19-21-23-24-25-26-27-28-29-30-31-33-34-36-38-40-42-44-46-48-50-56(71)55(68-59(72)51-49-47-45-43-41-39-37-35-32-22-20-18-16-14-12-10-8-6-4-2)54-78-66-64(77)62(75)65(58(53-70)80-66)81-67-63(76)61(74)60(73)57(52-69)79-67/h6,8,12,14,18,20,32,35,48,50,55-58,60-67,69-71,73-77H,3-5,7,9-11,13,15-17,19,21-31,33-34,36-47,49,51-54H2,1-2H3,(H,68,72)/b8-6-,14-12-,20-18-,35-32-,50-48+. The molecule has 0 aliphatic carbocycles. The highest BCUT2D eigenvalue weighted by Gasteiger charge is 2.51. The fourth-order valence-corrected chi connectivity index (χ4v) is 10.7. The molecule has 12 atom stereocenters. The highest BCUT2D eigenvalue weighted by molar-refractivity contribution is 5.76. The van der Waals surface area contributed by atoms with Crippen molar-refractivity contribution in [3.63, 3.8) is 0 Å². The summed E-state index contributed by atoms with van der Waals surface area (Å²) in [5, 5.41) is 87.3. The molecule has 0 spiro atoms. The van der Waals surface area contributed by atoms with Crippen molar-refractivity contribution in [3.05, 3.63) is 60.8 Å². The number of hydrogen-bond acceptors (Lipinski definition) is 13. The van der Waals surface area contributed by atoms with Crippen molar-refractivity contribution in [2.45, 2.75) is 338 Å². The second-order valence-corrected chi connectivity index (χ2v) is 23.2. The molecule has 472 valence electrons. The minimum atomic E-state index is -1.79. The average molecular weight is 1150 g/mol. The Balaban J connectivity index is 1.71. The largest absolute Gasteiger partial charge is 0.394 e. The molecule has 2 heterocycles. The smallest absolute Gasteiger partial charge is 0.220 e. The number of carbonyl (C=O) groups excluding carboxylic acids is 1. The summed E-state index contributed by atoms with van der Waals surface area (Å²) in [5.41, 5.74) is 0. The molecule has 0 aromatic carbocycles. The Labute approximate surface area is 492 Å². The predicted molar refractivity (Wildman–Crippen MR) is 327 cm³/mol. The van der Waals surface area contributed by atoms with Gasteiger partial charge in [-0.2, -0.15) is 0 Å². The third kappa shape index (κ3) is 37.0. The van der Waals surface area contributed by atoms with E-state index in [-0.39, 0.29) is 18.9 Å².